The normalized spacial score (nSPS) is 16.3. The third kappa shape index (κ3) is 4.33. The van der Waals surface area contributed by atoms with Gasteiger partial charge in [-0.3, -0.25) is 0 Å². The zero-order valence-corrected chi connectivity index (χ0v) is 12.0. The Kier molecular flexibility index (Phi) is 5.05. The summed E-state index contributed by atoms with van der Waals surface area (Å²) < 4.78 is 1.01. The van der Waals surface area contributed by atoms with Crippen LogP contribution < -0.4 is 10.6 Å². The Balaban J connectivity index is 1.73. The van der Waals surface area contributed by atoms with E-state index in [2.05, 4.69) is 26.6 Å². The summed E-state index contributed by atoms with van der Waals surface area (Å²) in [5.41, 5.74) is 0.819. The monoisotopic (exact) mass is 310 g/mol. The fourth-order valence-corrected chi connectivity index (χ4v) is 2.60. The van der Waals surface area contributed by atoms with Crippen molar-refractivity contribution in [2.45, 2.75) is 32.1 Å². The van der Waals surface area contributed by atoms with E-state index in [0.29, 0.717) is 5.92 Å². The summed E-state index contributed by atoms with van der Waals surface area (Å²) >= 11 is 3.37. The second-order valence-corrected chi connectivity index (χ2v) is 5.76. The number of nitrogens with one attached hydrogen (secondary N) is 2. The molecule has 0 saturated heterocycles. The first-order chi connectivity index (χ1) is 8.74. The van der Waals surface area contributed by atoms with Crippen LogP contribution in [0.3, 0.4) is 0 Å². The average Bonchev–Trinajstić information content (AvgIpc) is 2.40. The predicted molar refractivity (Wildman–Crippen MR) is 77.7 cm³/mol. The molecule has 0 aromatic heterocycles. The van der Waals surface area contributed by atoms with E-state index in [0.717, 1.165) is 16.7 Å². The highest BCUT2D eigenvalue weighted by Gasteiger charge is 2.14. The maximum Gasteiger partial charge on any atom is 0.319 e. The van der Waals surface area contributed by atoms with Crippen LogP contribution in [0.5, 0.6) is 0 Å². The van der Waals surface area contributed by atoms with E-state index in [1.165, 1.54) is 32.1 Å². The number of carbonyl (C=O) groups is 1. The van der Waals surface area contributed by atoms with Gasteiger partial charge in [0.25, 0.3) is 0 Å². The van der Waals surface area contributed by atoms with Gasteiger partial charge in [0.15, 0.2) is 0 Å². The van der Waals surface area contributed by atoms with Gasteiger partial charge in [0.2, 0.25) is 0 Å². The van der Waals surface area contributed by atoms with Crippen LogP contribution in [0.1, 0.15) is 32.1 Å². The van der Waals surface area contributed by atoms with E-state index in [1.807, 2.05) is 24.3 Å². The fourth-order valence-electron chi connectivity index (χ4n) is 2.34. The molecular formula is C14H19BrN2O. The van der Waals surface area contributed by atoms with E-state index in [1.54, 1.807) is 0 Å². The number of urea groups is 1. The summed E-state index contributed by atoms with van der Waals surface area (Å²) in [5.74, 6) is 0.661. The standard InChI is InChI=1S/C14H19BrN2O/c15-12-6-8-13(9-7-12)17-14(18)16-10-11-4-2-1-3-5-11/h6-9,11H,1-5,10H2,(H2,16,17,18). The highest BCUT2D eigenvalue weighted by Crippen LogP contribution is 2.22. The maximum atomic E-state index is 11.7. The summed E-state index contributed by atoms with van der Waals surface area (Å²) in [5, 5.41) is 5.79. The number of halogens is 1. The second kappa shape index (κ2) is 6.78. The van der Waals surface area contributed by atoms with Gasteiger partial charge in [-0.15, -0.1) is 0 Å². The van der Waals surface area contributed by atoms with Crippen LogP contribution in [0, 0.1) is 5.92 Å². The Bertz CT molecular complexity index is 385. The van der Waals surface area contributed by atoms with Gasteiger partial charge in [0.05, 0.1) is 0 Å². The van der Waals surface area contributed by atoms with Crippen molar-refractivity contribution in [3.05, 3.63) is 28.7 Å². The molecule has 1 aromatic carbocycles. The molecule has 0 unspecified atom stereocenters. The molecule has 1 fully saturated rings. The molecule has 0 heterocycles. The average molecular weight is 311 g/mol. The van der Waals surface area contributed by atoms with Gasteiger partial charge in [-0.05, 0) is 43.0 Å². The minimum absolute atomic E-state index is 0.108. The Morgan fingerprint density at radius 1 is 1.17 bits per heavy atom. The highest BCUT2D eigenvalue weighted by molar-refractivity contribution is 9.10. The van der Waals surface area contributed by atoms with Crippen molar-refractivity contribution >= 4 is 27.6 Å². The summed E-state index contributed by atoms with van der Waals surface area (Å²) in [6, 6.07) is 7.48. The number of amides is 2. The third-order valence-corrected chi connectivity index (χ3v) is 3.91. The number of hydrogen-bond acceptors (Lipinski definition) is 1. The van der Waals surface area contributed by atoms with Crippen molar-refractivity contribution in [3.8, 4) is 0 Å². The lowest BCUT2D eigenvalue weighted by Gasteiger charge is -2.21. The van der Waals surface area contributed by atoms with Crippen molar-refractivity contribution in [1.29, 1.82) is 0 Å². The second-order valence-electron chi connectivity index (χ2n) is 4.85. The zero-order chi connectivity index (χ0) is 12.8. The molecule has 1 aromatic rings. The summed E-state index contributed by atoms with van der Waals surface area (Å²) in [6.07, 6.45) is 6.46. The zero-order valence-electron chi connectivity index (χ0n) is 10.4. The Hall–Kier alpha value is -1.03. The molecule has 1 aliphatic rings. The van der Waals surface area contributed by atoms with Crippen LogP contribution in [0.4, 0.5) is 10.5 Å². The van der Waals surface area contributed by atoms with E-state index in [9.17, 15) is 4.79 Å². The first-order valence-corrected chi connectivity index (χ1v) is 7.34. The van der Waals surface area contributed by atoms with Gasteiger partial charge in [-0.2, -0.15) is 0 Å². The van der Waals surface area contributed by atoms with Crippen molar-refractivity contribution in [2.24, 2.45) is 5.92 Å². The lowest BCUT2D eigenvalue weighted by Crippen LogP contribution is -2.33. The van der Waals surface area contributed by atoms with Gasteiger partial charge in [0, 0.05) is 16.7 Å². The molecule has 1 saturated carbocycles. The summed E-state index contributed by atoms with van der Waals surface area (Å²) in [6.45, 7) is 0.794. The van der Waals surface area contributed by atoms with Crippen LogP contribution in [-0.2, 0) is 0 Å². The van der Waals surface area contributed by atoms with Gasteiger partial charge in [-0.25, -0.2) is 4.79 Å². The van der Waals surface area contributed by atoms with Crippen molar-refractivity contribution in [2.75, 3.05) is 11.9 Å². The molecule has 0 radical (unpaired) electrons. The molecule has 0 atom stereocenters. The van der Waals surface area contributed by atoms with Crippen LogP contribution in [0.2, 0.25) is 0 Å². The lowest BCUT2D eigenvalue weighted by molar-refractivity contribution is 0.247. The SMILES string of the molecule is O=C(NCC1CCCCC1)Nc1ccc(Br)cc1. The lowest BCUT2D eigenvalue weighted by atomic mass is 9.89. The van der Waals surface area contributed by atoms with E-state index >= 15 is 0 Å². The Morgan fingerprint density at radius 3 is 2.50 bits per heavy atom. The molecule has 98 valence electrons. The molecule has 18 heavy (non-hydrogen) atoms. The molecule has 1 aliphatic carbocycles. The van der Waals surface area contributed by atoms with Gasteiger partial charge in [0.1, 0.15) is 0 Å². The first-order valence-electron chi connectivity index (χ1n) is 6.54. The number of rotatable bonds is 3. The molecule has 0 aliphatic heterocycles. The molecule has 4 heteroatoms. The Labute approximate surface area is 116 Å². The molecule has 0 spiro atoms. The topological polar surface area (TPSA) is 41.1 Å². The van der Waals surface area contributed by atoms with Crippen molar-refractivity contribution in [3.63, 3.8) is 0 Å². The number of carbonyl (C=O) groups excluding carboxylic acids is 1. The van der Waals surface area contributed by atoms with Crippen LogP contribution in [0.15, 0.2) is 28.7 Å². The van der Waals surface area contributed by atoms with E-state index in [4.69, 9.17) is 0 Å². The van der Waals surface area contributed by atoms with Gasteiger partial charge < -0.3 is 10.6 Å². The fraction of sp³-hybridized carbons (Fsp3) is 0.500. The molecule has 0 bridgehead atoms. The predicted octanol–water partition coefficient (Wildman–Crippen LogP) is 4.15. The molecule has 2 N–H and O–H groups in total. The molecule has 2 rings (SSSR count). The number of anilines is 1. The number of benzene rings is 1. The number of hydrogen-bond donors (Lipinski definition) is 2. The smallest absolute Gasteiger partial charge is 0.319 e. The van der Waals surface area contributed by atoms with Crippen molar-refractivity contribution in [1.82, 2.24) is 5.32 Å². The first kappa shape index (κ1) is 13.4. The third-order valence-electron chi connectivity index (χ3n) is 3.38. The van der Waals surface area contributed by atoms with Crippen molar-refractivity contribution < 1.29 is 4.79 Å². The van der Waals surface area contributed by atoms with E-state index in [-0.39, 0.29) is 6.03 Å². The minimum atomic E-state index is -0.108. The highest BCUT2D eigenvalue weighted by atomic mass is 79.9. The van der Waals surface area contributed by atoms with Gasteiger partial charge in [-0.1, -0.05) is 35.2 Å². The minimum Gasteiger partial charge on any atom is -0.338 e. The quantitative estimate of drug-likeness (QED) is 0.865. The maximum absolute atomic E-state index is 11.7. The molecule has 3 nitrogen and oxygen atoms in total. The van der Waals surface area contributed by atoms with Crippen LogP contribution in [0.25, 0.3) is 0 Å². The van der Waals surface area contributed by atoms with Crippen LogP contribution in [-0.4, -0.2) is 12.6 Å². The molecular weight excluding hydrogens is 292 g/mol. The van der Waals surface area contributed by atoms with Crippen LogP contribution >= 0.6 is 15.9 Å². The van der Waals surface area contributed by atoms with E-state index < -0.39 is 0 Å². The summed E-state index contributed by atoms with van der Waals surface area (Å²) in [7, 11) is 0. The largest absolute Gasteiger partial charge is 0.338 e. The Morgan fingerprint density at radius 2 is 1.83 bits per heavy atom. The summed E-state index contributed by atoms with van der Waals surface area (Å²) in [4.78, 5) is 11.7. The molecule has 2 amide bonds. The van der Waals surface area contributed by atoms with Gasteiger partial charge >= 0.3 is 6.03 Å².